The fraction of sp³-hybridized carbons (Fsp3) is 0.368. The van der Waals surface area contributed by atoms with Crippen molar-refractivity contribution in [3.63, 3.8) is 0 Å². The van der Waals surface area contributed by atoms with Crippen molar-refractivity contribution in [1.82, 2.24) is 20.0 Å². The third-order valence-electron chi connectivity index (χ3n) is 4.79. The van der Waals surface area contributed by atoms with Gasteiger partial charge in [-0.25, -0.2) is 4.68 Å². The molecule has 4 rings (SSSR count). The Morgan fingerprint density at radius 1 is 1.27 bits per heavy atom. The molecule has 0 radical (unpaired) electrons. The van der Waals surface area contributed by atoms with Crippen molar-refractivity contribution in [3.8, 4) is 0 Å². The molecule has 1 fully saturated rings. The molecule has 1 aromatic carbocycles. The number of hydrogen-bond donors (Lipinski definition) is 2. The largest absolute Gasteiger partial charge is 0.350 e. The van der Waals surface area contributed by atoms with Crippen LogP contribution in [0.3, 0.4) is 0 Å². The predicted molar refractivity (Wildman–Crippen MR) is 103 cm³/mol. The van der Waals surface area contributed by atoms with Crippen LogP contribution in [0.2, 0.25) is 0 Å². The quantitative estimate of drug-likeness (QED) is 0.723. The second kappa shape index (κ2) is 7.47. The summed E-state index contributed by atoms with van der Waals surface area (Å²) in [5.41, 5.74) is 0.601. The fourth-order valence-corrected chi connectivity index (χ4v) is 4.32. The Morgan fingerprint density at radius 3 is 2.96 bits per heavy atom. The van der Waals surface area contributed by atoms with Crippen LogP contribution in [0, 0.1) is 0 Å². The van der Waals surface area contributed by atoms with Crippen LogP contribution in [0.4, 0.5) is 0 Å². The Bertz CT molecular complexity index is 944. The molecule has 26 heavy (non-hydrogen) atoms. The van der Waals surface area contributed by atoms with Crippen LogP contribution in [0.15, 0.2) is 46.6 Å². The Balaban J connectivity index is 1.36. The molecule has 136 valence electrons. The molecule has 1 aliphatic rings. The van der Waals surface area contributed by atoms with Crippen molar-refractivity contribution in [2.75, 3.05) is 13.1 Å². The SMILES string of the molecule is O=C(Cn1[nH]c2ccccc2c1=O)N[C@@H]1CCCN(Cc2cccs2)C1. The van der Waals surface area contributed by atoms with Crippen LogP contribution in [0.5, 0.6) is 0 Å². The molecular formula is C19H22N4O2S. The summed E-state index contributed by atoms with van der Waals surface area (Å²) in [5, 5.41) is 8.80. The third-order valence-corrected chi connectivity index (χ3v) is 5.65. The van der Waals surface area contributed by atoms with Gasteiger partial charge < -0.3 is 5.32 Å². The fourth-order valence-electron chi connectivity index (χ4n) is 3.58. The normalized spacial score (nSPS) is 18.2. The molecule has 0 unspecified atom stereocenters. The number of likely N-dealkylation sites (tertiary alicyclic amines) is 1. The summed E-state index contributed by atoms with van der Waals surface area (Å²) in [7, 11) is 0. The number of nitrogens with one attached hydrogen (secondary N) is 2. The average Bonchev–Trinajstić information content (AvgIpc) is 3.24. The molecule has 1 aliphatic heterocycles. The number of carbonyl (C=O) groups excluding carboxylic acids is 1. The summed E-state index contributed by atoms with van der Waals surface area (Å²) in [5.74, 6) is -0.123. The van der Waals surface area contributed by atoms with Gasteiger partial charge in [-0.05, 0) is 43.0 Å². The number of amides is 1. The van der Waals surface area contributed by atoms with E-state index >= 15 is 0 Å². The van der Waals surface area contributed by atoms with E-state index in [2.05, 4.69) is 32.8 Å². The van der Waals surface area contributed by atoms with Crippen molar-refractivity contribution >= 4 is 28.1 Å². The highest BCUT2D eigenvalue weighted by Gasteiger charge is 2.22. The Labute approximate surface area is 155 Å². The predicted octanol–water partition coefficient (Wildman–Crippen LogP) is 2.17. The van der Waals surface area contributed by atoms with E-state index in [4.69, 9.17) is 0 Å². The lowest BCUT2D eigenvalue weighted by Crippen LogP contribution is -2.48. The highest BCUT2D eigenvalue weighted by atomic mass is 32.1. The second-order valence-electron chi connectivity index (χ2n) is 6.77. The maximum absolute atomic E-state index is 12.4. The smallest absolute Gasteiger partial charge is 0.274 e. The number of rotatable bonds is 5. The lowest BCUT2D eigenvalue weighted by Gasteiger charge is -2.32. The van der Waals surface area contributed by atoms with Gasteiger partial charge in [0.15, 0.2) is 0 Å². The number of piperidine rings is 1. The molecule has 1 atom stereocenters. The van der Waals surface area contributed by atoms with Crippen LogP contribution in [-0.2, 0) is 17.9 Å². The molecule has 2 aromatic heterocycles. The molecule has 0 spiro atoms. The van der Waals surface area contributed by atoms with E-state index in [9.17, 15) is 9.59 Å². The van der Waals surface area contributed by atoms with Gasteiger partial charge in [-0.15, -0.1) is 11.3 Å². The molecule has 2 N–H and O–H groups in total. The maximum Gasteiger partial charge on any atom is 0.274 e. The van der Waals surface area contributed by atoms with Gasteiger partial charge in [-0.2, -0.15) is 0 Å². The summed E-state index contributed by atoms with van der Waals surface area (Å²) in [6.45, 7) is 2.87. The van der Waals surface area contributed by atoms with Crippen LogP contribution < -0.4 is 10.9 Å². The molecule has 0 saturated carbocycles. The first-order valence-corrected chi connectivity index (χ1v) is 9.78. The van der Waals surface area contributed by atoms with E-state index in [1.54, 1.807) is 17.4 Å². The van der Waals surface area contributed by atoms with Crippen molar-refractivity contribution in [1.29, 1.82) is 0 Å². The highest BCUT2D eigenvalue weighted by Crippen LogP contribution is 2.16. The van der Waals surface area contributed by atoms with Crippen molar-refractivity contribution in [2.24, 2.45) is 0 Å². The van der Waals surface area contributed by atoms with Gasteiger partial charge in [0.25, 0.3) is 5.56 Å². The first-order valence-electron chi connectivity index (χ1n) is 8.91. The van der Waals surface area contributed by atoms with E-state index in [0.29, 0.717) is 5.39 Å². The van der Waals surface area contributed by atoms with E-state index in [1.165, 1.54) is 9.56 Å². The lowest BCUT2D eigenvalue weighted by atomic mass is 10.1. The minimum absolute atomic E-state index is 0.0228. The maximum atomic E-state index is 12.4. The van der Waals surface area contributed by atoms with E-state index < -0.39 is 0 Å². The summed E-state index contributed by atoms with van der Waals surface area (Å²) in [6.07, 6.45) is 2.05. The van der Waals surface area contributed by atoms with Gasteiger partial charge in [-0.3, -0.25) is 19.6 Å². The third kappa shape index (κ3) is 3.73. The van der Waals surface area contributed by atoms with E-state index in [1.807, 2.05) is 18.2 Å². The van der Waals surface area contributed by atoms with Gasteiger partial charge in [-0.1, -0.05) is 18.2 Å². The van der Waals surface area contributed by atoms with Crippen LogP contribution >= 0.6 is 11.3 Å². The molecule has 7 heteroatoms. The van der Waals surface area contributed by atoms with Gasteiger partial charge in [0, 0.05) is 24.0 Å². The minimum atomic E-state index is -0.154. The first kappa shape index (κ1) is 17.1. The van der Waals surface area contributed by atoms with Gasteiger partial charge >= 0.3 is 0 Å². The molecule has 0 aliphatic carbocycles. The number of fused-ring (bicyclic) bond motifs is 1. The average molecular weight is 370 g/mol. The Hall–Kier alpha value is -2.38. The minimum Gasteiger partial charge on any atom is -0.350 e. The van der Waals surface area contributed by atoms with Crippen molar-refractivity contribution in [2.45, 2.75) is 32.0 Å². The zero-order valence-electron chi connectivity index (χ0n) is 14.5. The Morgan fingerprint density at radius 2 is 2.15 bits per heavy atom. The highest BCUT2D eigenvalue weighted by molar-refractivity contribution is 7.09. The first-order chi connectivity index (χ1) is 12.7. The number of aromatic amines is 1. The molecule has 3 aromatic rings. The molecule has 3 heterocycles. The zero-order chi connectivity index (χ0) is 17.9. The molecule has 1 amide bonds. The standard InChI is InChI=1S/C19H22N4O2S/c24-18(13-23-19(25)16-7-1-2-8-17(16)21-23)20-14-5-3-9-22(11-14)12-15-6-4-10-26-15/h1-2,4,6-8,10,14,21H,3,5,9,11-13H2,(H,20,24)/t14-/m1/s1. The van der Waals surface area contributed by atoms with Crippen LogP contribution in [0.25, 0.3) is 10.9 Å². The zero-order valence-corrected chi connectivity index (χ0v) is 15.3. The number of hydrogen-bond acceptors (Lipinski definition) is 4. The number of thiophene rings is 1. The summed E-state index contributed by atoms with van der Waals surface area (Å²) in [6, 6.07) is 11.7. The number of carbonyl (C=O) groups is 1. The number of H-pyrrole nitrogens is 1. The van der Waals surface area contributed by atoms with Crippen LogP contribution in [0.1, 0.15) is 17.7 Å². The number of nitrogens with zero attached hydrogens (tertiary/aromatic N) is 2. The van der Waals surface area contributed by atoms with Crippen molar-refractivity contribution < 1.29 is 4.79 Å². The number of benzene rings is 1. The number of para-hydroxylation sites is 1. The van der Waals surface area contributed by atoms with Crippen LogP contribution in [-0.4, -0.2) is 39.7 Å². The summed E-state index contributed by atoms with van der Waals surface area (Å²) < 4.78 is 1.38. The number of aromatic nitrogens is 2. The van der Waals surface area contributed by atoms with Gasteiger partial charge in [0.1, 0.15) is 6.54 Å². The molecule has 6 nitrogen and oxygen atoms in total. The topological polar surface area (TPSA) is 70.1 Å². The molecule has 1 saturated heterocycles. The summed E-state index contributed by atoms with van der Waals surface area (Å²) in [4.78, 5) is 28.5. The van der Waals surface area contributed by atoms with E-state index in [0.717, 1.165) is 38.0 Å². The van der Waals surface area contributed by atoms with E-state index in [-0.39, 0.29) is 24.1 Å². The lowest BCUT2D eigenvalue weighted by molar-refractivity contribution is -0.123. The molecule has 0 bridgehead atoms. The summed E-state index contributed by atoms with van der Waals surface area (Å²) >= 11 is 1.77. The monoisotopic (exact) mass is 370 g/mol. The molecular weight excluding hydrogens is 348 g/mol. The Kier molecular flexibility index (Phi) is 4.90. The van der Waals surface area contributed by atoms with Gasteiger partial charge in [0.05, 0.1) is 10.9 Å². The second-order valence-corrected chi connectivity index (χ2v) is 7.80. The van der Waals surface area contributed by atoms with Crippen molar-refractivity contribution in [3.05, 3.63) is 57.0 Å². The van der Waals surface area contributed by atoms with Gasteiger partial charge in [0.2, 0.25) is 5.91 Å².